The number of aryl methyl sites for hydroxylation is 3. The summed E-state index contributed by atoms with van der Waals surface area (Å²) in [6.07, 6.45) is 7.36. The third-order valence-corrected chi connectivity index (χ3v) is 4.66. The second-order valence-electron chi connectivity index (χ2n) is 6.69. The Kier molecular flexibility index (Phi) is 6.17. The molecule has 0 fully saturated rings. The lowest BCUT2D eigenvalue weighted by atomic mass is 10.0. The van der Waals surface area contributed by atoms with Gasteiger partial charge in [-0.2, -0.15) is 0 Å². The first-order valence-electron chi connectivity index (χ1n) is 9.15. The normalized spacial score (nSPS) is 14.2. The molecule has 1 unspecified atom stereocenters. The number of fused-ring (bicyclic) bond motifs is 1. The molecule has 6 nitrogen and oxygen atoms in total. The first-order valence-corrected chi connectivity index (χ1v) is 9.15. The lowest BCUT2D eigenvalue weighted by Gasteiger charge is -2.17. The van der Waals surface area contributed by atoms with Gasteiger partial charge in [0, 0.05) is 24.1 Å². The molecule has 3 rings (SSSR count). The third kappa shape index (κ3) is 4.79. The molecule has 0 saturated heterocycles. The summed E-state index contributed by atoms with van der Waals surface area (Å²) < 4.78 is 4.64. The van der Waals surface area contributed by atoms with Gasteiger partial charge in [-0.25, -0.2) is 4.98 Å². The van der Waals surface area contributed by atoms with Crippen LogP contribution in [-0.4, -0.2) is 35.6 Å². The highest BCUT2D eigenvalue weighted by atomic mass is 16.5. The zero-order valence-electron chi connectivity index (χ0n) is 15.2. The minimum atomic E-state index is -0.642. The predicted molar refractivity (Wildman–Crippen MR) is 101 cm³/mol. The maximum absolute atomic E-state index is 11.4. The number of ether oxygens (including phenoxy) is 1. The van der Waals surface area contributed by atoms with Crippen molar-refractivity contribution in [2.75, 3.05) is 19.0 Å². The van der Waals surface area contributed by atoms with Crippen LogP contribution in [0.5, 0.6) is 0 Å². The molecule has 2 aromatic rings. The minimum Gasteiger partial charge on any atom is -0.468 e. The van der Waals surface area contributed by atoms with Crippen LogP contribution in [0.15, 0.2) is 30.5 Å². The van der Waals surface area contributed by atoms with E-state index in [2.05, 4.69) is 27.2 Å². The molecule has 3 N–H and O–H groups in total. The Balaban J connectivity index is 1.48. The number of rotatable bonds is 7. The van der Waals surface area contributed by atoms with Crippen molar-refractivity contribution in [2.24, 2.45) is 5.73 Å². The van der Waals surface area contributed by atoms with Crippen molar-refractivity contribution in [2.45, 2.75) is 44.6 Å². The van der Waals surface area contributed by atoms with Crippen LogP contribution in [0.4, 0.5) is 5.82 Å². The second kappa shape index (κ2) is 8.76. The standard InChI is InChI=1S/C20H26N4O2/c1-26-20(25)18(21)12-14-7-9-16(23-13-14)5-2-6-17-10-8-15-4-3-11-22-19(15)24-17/h7-10,13,18H,2-6,11-12,21H2,1H3,(H,22,24). The summed E-state index contributed by atoms with van der Waals surface area (Å²) in [7, 11) is 1.34. The number of pyridine rings is 2. The topological polar surface area (TPSA) is 90.1 Å². The summed E-state index contributed by atoms with van der Waals surface area (Å²) in [4.78, 5) is 20.6. The van der Waals surface area contributed by atoms with Crippen molar-refractivity contribution in [3.05, 3.63) is 53.0 Å². The van der Waals surface area contributed by atoms with Gasteiger partial charge in [-0.1, -0.05) is 12.1 Å². The molecule has 2 aromatic heterocycles. The number of nitrogens with zero attached hydrogens (tertiary/aromatic N) is 2. The van der Waals surface area contributed by atoms with E-state index >= 15 is 0 Å². The summed E-state index contributed by atoms with van der Waals surface area (Å²) in [5, 5.41) is 3.38. The summed E-state index contributed by atoms with van der Waals surface area (Å²) >= 11 is 0. The number of nitrogens with two attached hydrogens (primary N) is 1. The zero-order valence-corrected chi connectivity index (χ0v) is 15.2. The predicted octanol–water partition coefficient (Wildman–Crippen LogP) is 2.05. The lowest BCUT2D eigenvalue weighted by molar-refractivity contribution is -0.142. The van der Waals surface area contributed by atoms with Gasteiger partial charge in [-0.15, -0.1) is 0 Å². The molecule has 0 aromatic carbocycles. The van der Waals surface area contributed by atoms with E-state index in [9.17, 15) is 4.79 Å². The van der Waals surface area contributed by atoms with Gasteiger partial charge >= 0.3 is 5.97 Å². The molecule has 0 aliphatic carbocycles. The van der Waals surface area contributed by atoms with Crippen LogP contribution in [-0.2, 0) is 35.2 Å². The molecule has 0 bridgehead atoms. The third-order valence-electron chi connectivity index (χ3n) is 4.66. The molecular formula is C20H26N4O2. The Morgan fingerprint density at radius 2 is 2.08 bits per heavy atom. The van der Waals surface area contributed by atoms with E-state index in [0.29, 0.717) is 6.42 Å². The van der Waals surface area contributed by atoms with E-state index in [-0.39, 0.29) is 0 Å². The van der Waals surface area contributed by atoms with Crippen molar-refractivity contribution >= 4 is 11.8 Å². The Hall–Kier alpha value is -2.47. The quantitative estimate of drug-likeness (QED) is 0.740. The largest absolute Gasteiger partial charge is 0.468 e. The molecule has 1 atom stereocenters. The smallest absolute Gasteiger partial charge is 0.322 e. The van der Waals surface area contributed by atoms with Crippen molar-refractivity contribution in [3.63, 3.8) is 0 Å². The highest BCUT2D eigenvalue weighted by molar-refractivity contribution is 5.75. The lowest BCUT2D eigenvalue weighted by Crippen LogP contribution is -2.33. The number of esters is 1. The molecule has 1 aliphatic heterocycles. The van der Waals surface area contributed by atoms with Gasteiger partial charge in [0.2, 0.25) is 0 Å². The van der Waals surface area contributed by atoms with Crippen LogP contribution in [0.3, 0.4) is 0 Å². The van der Waals surface area contributed by atoms with Crippen LogP contribution >= 0.6 is 0 Å². The number of aromatic nitrogens is 2. The van der Waals surface area contributed by atoms with Crippen molar-refractivity contribution in [1.29, 1.82) is 0 Å². The Bertz CT molecular complexity index is 746. The van der Waals surface area contributed by atoms with Crippen LogP contribution in [0.2, 0.25) is 0 Å². The highest BCUT2D eigenvalue weighted by Crippen LogP contribution is 2.20. The summed E-state index contributed by atoms with van der Waals surface area (Å²) in [5.41, 5.74) is 10.2. The average molecular weight is 354 g/mol. The van der Waals surface area contributed by atoms with Crippen molar-refractivity contribution in [3.8, 4) is 0 Å². The van der Waals surface area contributed by atoms with Crippen LogP contribution in [0, 0.1) is 0 Å². The number of hydrogen-bond acceptors (Lipinski definition) is 6. The molecule has 3 heterocycles. The fourth-order valence-corrected chi connectivity index (χ4v) is 3.17. The molecule has 0 saturated carbocycles. The van der Waals surface area contributed by atoms with E-state index in [0.717, 1.165) is 55.0 Å². The van der Waals surface area contributed by atoms with Crippen molar-refractivity contribution < 1.29 is 9.53 Å². The first-order chi connectivity index (χ1) is 12.7. The van der Waals surface area contributed by atoms with E-state index in [1.54, 1.807) is 6.20 Å². The summed E-state index contributed by atoms with van der Waals surface area (Å²) in [6.45, 7) is 1.01. The first kappa shape index (κ1) is 18.3. The van der Waals surface area contributed by atoms with Gasteiger partial charge in [-0.05, 0) is 61.8 Å². The number of carbonyl (C=O) groups is 1. The molecule has 138 valence electrons. The Labute approximate surface area is 154 Å². The van der Waals surface area contributed by atoms with Crippen molar-refractivity contribution in [1.82, 2.24) is 9.97 Å². The maximum atomic E-state index is 11.4. The molecule has 1 aliphatic rings. The monoisotopic (exact) mass is 354 g/mol. The Morgan fingerprint density at radius 1 is 1.27 bits per heavy atom. The molecule has 6 heteroatoms. The molecular weight excluding hydrogens is 328 g/mol. The average Bonchev–Trinajstić information content (AvgIpc) is 2.68. The molecule has 26 heavy (non-hydrogen) atoms. The fourth-order valence-electron chi connectivity index (χ4n) is 3.17. The SMILES string of the molecule is COC(=O)C(N)Cc1ccc(CCCc2ccc3c(n2)NCCC3)nc1. The molecule has 0 spiro atoms. The van der Waals surface area contributed by atoms with Gasteiger partial charge in [0.05, 0.1) is 7.11 Å². The summed E-state index contributed by atoms with van der Waals surface area (Å²) in [5.74, 6) is 0.652. The van der Waals surface area contributed by atoms with E-state index in [1.165, 1.54) is 19.1 Å². The highest BCUT2D eigenvalue weighted by Gasteiger charge is 2.14. The number of hydrogen-bond donors (Lipinski definition) is 2. The van der Waals surface area contributed by atoms with E-state index in [4.69, 9.17) is 10.7 Å². The number of carbonyl (C=O) groups excluding carboxylic acids is 1. The zero-order chi connectivity index (χ0) is 18.4. The number of nitrogens with one attached hydrogen (secondary N) is 1. The van der Waals surface area contributed by atoms with Gasteiger partial charge in [0.25, 0.3) is 0 Å². The van der Waals surface area contributed by atoms with E-state index < -0.39 is 12.0 Å². The molecule has 0 amide bonds. The van der Waals surface area contributed by atoms with Gasteiger partial charge < -0.3 is 15.8 Å². The van der Waals surface area contributed by atoms with Crippen LogP contribution in [0.25, 0.3) is 0 Å². The molecule has 0 radical (unpaired) electrons. The van der Waals surface area contributed by atoms with Gasteiger partial charge in [0.15, 0.2) is 0 Å². The number of methoxy groups -OCH3 is 1. The number of anilines is 1. The maximum Gasteiger partial charge on any atom is 0.322 e. The summed E-state index contributed by atoms with van der Waals surface area (Å²) in [6, 6.07) is 7.67. The van der Waals surface area contributed by atoms with E-state index in [1.807, 2.05) is 12.1 Å². The van der Waals surface area contributed by atoms with Gasteiger partial charge in [-0.3, -0.25) is 9.78 Å². The van der Waals surface area contributed by atoms with Crippen LogP contribution < -0.4 is 11.1 Å². The fraction of sp³-hybridized carbons (Fsp3) is 0.450. The Morgan fingerprint density at radius 3 is 2.85 bits per heavy atom. The minimum absolute atomic E-state index is 0.402. The second-order valence-corrected chi connectivity index (χ2v) is 6.69. The van der Waals surface area contributed by atoms with Crippen LogP contribution in [0.1, 0.15) is 35.4 Å². The van der Waals surface area contributed by atoms with Gasteiger partial charge in [0.1, 0.15) is 11.9 Å².